The fraction of sp³-hybridized carbons (Fsp3) is 0.500. The van der Waals surface area contributed by atoms with Crippen LogP contribution in [0.2, 0.25) is 0 Å². The van der Waals surface area contributed by atoms with Gasteiger partial charge in [0.15, 0.2) is 0 Å². The second-order valence-corrected chi connectivity index (χ2v) is 7.12. The predicted octanol–water partition coefficient (Wildman–Crippen LogP) is 2.68. The maximum atomic E-state index is 12.4. The van der Waals surface area contributed by atoms with Crippen molar-refractivity contribution in [2.75, 3.05) is 18.4 Å². The molecule has 1 saturated heterocycles. The minimum Gasteiger partial charge on any atom is -0.369 e. The van der Waals surface area contributed by atoms with Gasteiger partial charge in [-0.25, -0.2) is 0 Å². The summed E-state index contributed by atoms with van der Waals surface area (Å²) in [5, 5.41) is 3.06. The molecule has 1 aromatic carbocycles. The van der Waals surface area contributed by atoms with E-state index in [9.17, 15) is 9.59 Å². The van der Waals surface area contributed by atoms with Crippen LogP contribution >= 0.6 is 0 Å². The number of allylic oxidation sites excluding steroid dienone is 2. The number of likely N-dealkylation sites (tertiary alicyclic amines) is 1. The van der Waals surface area contributed by atoms with E-state index < -0.39 is 0 Å². The number of primary amides is 1. The number of benzene rings is 1. The van der Waals surface area contributed by atoms with Crippen molar-refractivity contribution >= 4 is 17.5 Å². The molecule has 1 fully saturated rings. The molecule has 3 N–H and O–H groups in total. The second kappa shape index (κ2) is 8.30. The summed E-state index contributed by atoms with van der Waals surface area (Å²) in [6.07, 6.45) is 8.66. The third-order valence-electron chi connectivity index (χ3n) is 5.23. The Balaban J connectivity index is 1.54. The molecule has 1 heterocycles. The Bertz CT molecular complexity index is 648. The number of anilines is 1. The topological polar surface area (TPSA) is 75.4 Å². The normalized spacial score (nSPS) is 21.8. The first-order chi connectivity index (χ1) is 12.1. The highest BCUT2D eigenvalue weighted by Gasteiger charge is 2.23. The van der Waals surface area contributed by atoms with Crippen LogP contribution in [-0.2, 0) is 16.1 Å². The molecule has 0 spiro atoms. The van der Waals surface area contributed by atoms with Crippen molar-refractivity contribution in [2.24, 2.45) is 17.6 Å². The van der Waals surface area contributed by atoms with E-state index in [1.165, 1.54) is 5.56 Å². The van der Waals surface area contributed by atoms with Crippen molar-refractivity contribution in [1.82, 2.24) is 4.90 Å². The van der Waals surface area contributed by atoms with Gasteiger partial charge in [0.05, 0.1) is 0 Å². The molecule has 25 heavy (non-hydrogen) atoms. The third-order valence-corrected chi connectivity index (χ3v) is 5.23. The fourth-order valence-electron chi connectivity index (χ4n) is 3.66. The fourth-order valence-corrected chi connectivity index (χ4v) is 3.66. The van der Waals surface area contributed by atoms with Crippen LogP contribution in [0.5, 0.6) is 0 Å². The highest BCUT2D eigenvalue weighted by atomic mass is 16.2. The number of nitrogens with two attached hydrogens (primary N) is 1. The number of hydrogen-bond acceptors (Lipinski definition) is 3. The van der Waals surface area contributed by atoms with Gasteiger partial charge >= 0.3 is 0 Å². The molecule has 5 heteroatoms. The van der Waals surface area contributed by atoms with Gasteiger partial charge in [-0.15, -0.1) is 0 Å². The Morgan fingerprint density at radius 1 is 1.12 bits per heavy atom. The average Bonchev–Trinajstić information content (AvgIpc) is 2.63. The molecule has 0 unspecified atom stereocenters. The Labute approximate surface area is 149 Å². The zero-order valence-corrected chi connectivity index (χ0v) is 14.6. The molecule has 1 atom stereocenters. The van der Waals surface area contributed by atoms with Gasteiger partial charge in [-0.1, -0.05) is 24.3 Å². The molecule has 3 rings (SSSR count). The van der Waals surface area contributed by atoms with Crippen molar-refractivity contribution in [2.45, 2.75) is 38.6 Å². The molecule has 0 aromatic heterocycles. The maximum absolute atomic E-state index is 12.4. The molecular formula is C20H27N3O2. The molecule has 2 aliphatic rings. The Morgan fingerprint density at radius 2 is 1.92 bits per heavy atom. The first-order valence-electron chi connectivity index (χ1n) is 9.18. The molecule has 0 bridgehead atoms. The molecule has 0 radical (unpaired) electrons. The standard InChI is InChI=1S/C20H27N3O2/c21-19(24)16-9-11-23(12-10-16)14-15-5-4-8-18(13-15)22-20(25)17-6-2-1-3-7-17/h1-2,4-5,8,13,16-17H,3,6-7,9-12,14H2,(H2,21,24)(H,22,25)/t17-/m0/s1. The number of nitrogens with one attached hydrogen (secondary N) is 1. The van der Waals surface area contributed by atoms with Crippen molar-refractivity contribution in [1.29, 1.82) is 0 Å². The van der Waals surface area contributed by atoms with Crippen molar-refractivity contribution < 1.29 is 9.59 Å². The smallest absolute Gasteiger partial charge is 0.227 e. The van der Waals surface area contributed by atoms with Gasteiger partial charge < -0.3 is 11.1 Å². The van der Waals surface area contributed by atoms with E-state index in [0.29, 0.717) is 0 Å². The van der Waals surface area contributed by atoms with E-state index in [4.69, 9.17) is 5.73 Å². The van der Waals surface area contributed by atoms with E-state index >= 15 is 0 Å². The van der Waals surface area contributed by atoms with Crippen molar-refractivity contribution in [3.63, 3.8) is 0 Å². The Morgan fingerprint density at radius 3 is 2.60 bits per heavy atom. The van der Waals surface area contributed by atoms with Crippen LogP contribution in [0.3, 0.4) is 0 Å². The van der Waals surface area contributed by atoms with E-state index in [1.807, 2.05) is 12.1 Å². The Hall–Kier alpha value is -2.14. The highest BCUT2D eigenvalue weighted by Crippen LogP contribution is 2.22. The molecule has 5 nitrogen and oxygen atoms in total. The van der Waals surface area contributed by atoms with Gasteiger partial charge in [-0.3, -0.25) is 14.5 Å². The second-order valence-electron chi connectivity index (χ2n) is 7.12. The predicted molar refractivity (Wildman–Crippen MR) is 98.7 cm³/mol. The highest BCUT2D eigenvalue weighted by molar-refractivity contribution is 5.92. The summed E-state index contributed by atoms with van der Waals surface area (Å²) in [7, 11) is 0. The quantitative estimate of drug-likeness (QED) is 0.809. The largest absolute Gasteiger partial charge is 0.369 e. The number of rotatable bonds is 5. The summed E-state index contributed by atoms with van der Waals surface area (Å²) in [4.78, 5) is 26.0. The molecule has 134 valence electrons. The lowest BCUT2D eigenvalue weighted by molar-refractivity contribution is -0.123. The zero-order chi connectivity index (χ0) is 17.6. The average molecular weight is 341 g/mol. The minimum atomic E-state index is -0.179. The van der Waals surface area contributed by atoms with Crippen molar-refractivity contribution in [3.05, 3.63) is 42.0 Å². The molecule has 2 amide bonds. The maximum Gasteiger partial charge on any atom is 0.227 e. The Kier molecular flexibility index (Phi) is 5.87. The number of carbonyl (C=O) groups excluding carboxylic acids is 2. The van der Waals surface area contributed by atoms with Crippen LogP contribution < -0.4 is 11.1 Å². The van der Waals surface area contributed by atoms with E-state index in [-0.39, 0.29) is 23.7 Å². The minimum absolute atomic E-state index is 0.0198. The van der Waals surface area contributed by atoms with Gasteiger partial charge in [0, 0.05) is 24.1 Å². The van der Waals surface area contributed by atoms with Crippen LogP contribution in [0.1, 0.15) is 37.7 Å². The van der Waals surface area contributed by atoms with Gasteiger partial charge in [0.2, 0.25) is 11.8 Å². The third kappa shape index (κ3) is 4.92. The van der Waals surface area contributed by atoms with Crippen LogP contribution in [0.4, 0.5) is 5.69 Å². The van der Waals surface area contributed by atoms with Crippen LogP contribution in [0.15, 0.2) is 36.4 Å². The summed E-state index contributed by atoms with van der Waals surface area (Å²) in [5.41, 5.74) is 7.44. The van der Waals surface area contributed by atoms with Crippen molar-refractivity contribution in [3.8, 4) is 0 Å². The summed E-state index contributed by atoms with van der Waals surface area (Å²) in [6, 6.07) is 8.07. The molecule has 1 aliphatic carbocycles. The summed E-state index contributed by atoms with van der Waals surface area (Å²) in [6.45, 7) is 2.61. The first kappa shape index (κ1) is 17.7. The van der Waals surface area contributed by atoms with E-state index in [0.717, 1.165) is 57.4 Å². The molecule has 1 aliphatic heterocycles. The monoisotopic (exact) mass is 341 g/mol. The van der Waals surface area contributed by atoms with E-state index in [1.54, 1.807) is 0 Å². The van der Waals surface area contributed by atoms with Gasteiger partial charge in [-0.05, 0) is 62.9 Å². The van der Waals surface area contributed by atoms with Gasteiger partial charge in [-0.2, -0.15) is 0 Å². The number of carbonyl (C=O) groups is 2. The summed E-state index contributed by atoms with van der Waals surface area (Å²) < 4.78 is 0. The summed E-state index contributed by atoms with van der Waals surface area (Å²) in [5.74, 6) is 0.0404. The lowest BCUT2D eigenvalue weighted by Gasteiger charge is -2.30. The molecule has 0 saturated carbocycles. The van der Waals surface area contributed by atoms with Gasteiger partial charge in [0.25, 0.3) is 0 Å². The van der Waals surface area contributed by atoms with Crippen LogP contribution in [0, 0.1) is 11.8 Å². The molecular weight excluding hydrogens is 314 g/mol. The summed E-state index contributed by atoms with van der Waals surface area (Å²) >= 11 is 0. The van der Waals surface area contributed by atoms with Gasteiger partial charge in [0.1, 0.15) is 0 Å². The lowest BCUT2D eigenvalue weighted by Crippen LogP contribution is -2.38. The number of nitrogens with zero attached hydrogens (tertiary/aromatic N) is 1. The first-order valence-corrected chi connectivity index (χ1v) is 9.18. The van der Waals surface area contributed by atoms with Crippen LogP contribution in [-0.4, -0.2) is 29.8 Å². The SMILES string of the molecule is NC(=O)C1CCN(Cc2cccc(NC(=O)[C@H]3CC=CCC3)c2)CC1. The van der Waals surface area contributed by atoms with E-state index in [2.05, 4.69) is 34.5 Å². The lowest BCUT2D eigenvalue weighted by atomic mass is 9.93. The van der Waals surface area contributed by atoms with Crippen LogP contribution in [0.25, 0.3) is 0 Å². The number of amides is 2. The number of hydrogen-bond donors (Lipinski definition) is 2. The zero-order valence-electron chi connectivity index (χ0n) is 14.6. The number of piperidine rings is 1. The molecule has 1 aromatic rings.